The molecule has 0 saturated heterocycles. The third-order valence-electron chi connectivity index (χ3n) is 5.30. The fourth-order valence-corrected chi connectivity index (χ4v) is 4.66. The number of hydrogen-bond donors (Lipinski definition) is 1. The molecule has 9 nitrogen and oxygen atoms in total. The fourth-order valence-electron chi connectivity index (χ4n) is 3.62. The van der Waals surface area contributed by atoms with E-state index in [1.54, 1.807) is 46.2 Å². The highest BCUT2D eigenvalue weighted by Crippen LogP contribution is 2.30. The number of rotatable bonds is 6. The molecule has 0 saturated carbocycles. The van der Waals surface area contributed by atoms with E-state index in [1.165, 1.54) is 32.9 Å². The van der Waals surface area contributed by atoms with Crippen LogP contribution >= 0.6 is 11.3 Å². The van der Waals surface area contributed by atoms with Crippen LogP contribution < -0.4 is 14.9 Å². The first-order valence-corrected chi connectivity index (χ1v) is 12.2. The van der Waals surface area contributed by atoms with Gasteiger partial charge in [0.2, 0.25) is 6.41 Å². The van der Waals surface area contributed by atoms with Crippen molar-refractivity contribution in [1.29, 1.82) is 0 Å². The van der Waals surface area contributed by atoms with Crippen molar-refractivity contribution in [2.45, 2.75) is 19.9 Å². The van der Waals surface area contributed by atoms with Gasteiger partial charge in [0.15, 0.2) is 4.80 Å². The number of carbonyl (C=O) groups excluding carboxylic acids is 2. The Labute approximate surface area is 217 Å². The quantitative estimate of drug-likeness (QED) is 0.393. The molecule has 2 aromatic carbocycles. The van der Waals surface area contributed by atoms with Gasteiger partial charge in [0.1, 0.15) is 0 Å². The van der Waals surface area contributed by atoms with Crippen LogP contribution in [0.5, 0.6) is 0 Å². The molecular formula is C27H27N3O6S. The van der Waals surface area contributed by atoms with Crippen LogP contribution in [0.2, 0.25) is 0 Å². The van der Waals surface area contributed by atoms with E-state index in [1.807, 2.05) is 30.3 Å². The van der Waals surface area contributed by atoms with E-state index in [-0.39, 0.29) is 17.7 Å². The summed E-state index contributed by atoms with van der Waals surface area (Å²) in [6, 6.07) is 14.9. The van der Waals surface area contributed by atoms with E-state index in [0.29, 0.717) is 26.2 Å². The van der Waals surface area contributed by atoms with Gasteiger partial charge in [0, 0.05) is 14.1 Å². The van der Waals surface area contributed by atoms with E-state index >= 15 is 0 Å². The molecule has 0 spiro atoms. The lowest BCUT2D eigenvalue weighted by Gasteiger charge is -2.24. The number of esters is 1. The molecule has 0 unspecified atom stereocenters. The van der Waals surface area contributed by atoms with Crippen molar-refractivity contribution in [2.24, 2.45) is 4.99 Å². The molecule has 1 aromatic heterocycles. The van der Waals surface area contributed by atoms with Crippen LogP contribution in [-0.4, -0.2) is 53.6 Å². The summed E-state index contributed by atoms with van der Waals surface area (Å²) >= 11 is 1.22. The number of ether oxygens (including phenoxy) is 1. The molecule has 0 fully saturated rings. The second-order valence-electron chi connectivity index (χ2n) is 8.21. The van der Waals surface area contributed by atoms with Crippen molar-refractivity contribution >= 4 is 35.8 Å². The number of aromatic carboxylic acids is 1. The molecule has 1 aliphatic rings. The van der Waals surface area contributed by atoms with Crippen LogP contribution in [0, 0.1) is 0 Å². The first-order chi connectivity index (χ1) is 17.7. The summed E-state index contributed by atoms with van der Waals surface area (Å²) in [6.45, 7) is 3.69. The number of hydrogen-bond acceptors (Lipinski definition) is 7. The van der Waals surface area contributed by atoms with Crippen LogP contribution in [-0.2, 0) is 14.3 Å². The zero-order valence-corrected chi connectivity index (χ0v) is 21.7. The van der Waals surface area contributed by atoms with E-state index < -0.39 is 18.0 Å². The Hall–Kier alpha value is -4.31. The minimum atomic E-state index is -1.01. The molecule has 0 radical (unpaired) electrons. The molecule has 1 aliphatic heterocycles. The minimum Gasteiger partial charge on any atom is -0.478 e. The number of thiazole rings is 1. The smallest absolute Gasteiger partial charge is 0.338 e. The van der Waals surface area contributed by atoms with Crippen molar-refractivity contribution in [3.8, 4) is 0 Å². The van der Waals surface area contributed by atoms with Gasteiger partial charge in [-0.25, -0.2) is 14.6 Å². The number of carbonyl (C=O) groups is 3. The number of nitrogens with zero attached hydrogens (tertiary/aromatic N) is 3. The van der Waals surface area contributed by atoms with Crippen LogP contribution in [0.1, 0.15) is 41.4 Å². The summed E-state index contributed by atoms with van der Waals surface area (Å²) in [5, 5.41) is 9.07. The largest absolute Gasteiger partial charge is 0.478 e. The van der Waals surface area contributed by atoms with Gasteiger partial charge < -0.3 is 14.7 Å². The van der Waals surface area contributed by atoms with Crippen molar-refractivity contribution in [2.75, 3.05) is 20.7 Å². The predicted octanol–water partition coefficient (Wildman–Crippen LogP) is 2.20. The van der Waals surface area contributed by atoms with Gasteiger partial charge in [-0.3, -0.25) is 14.2 Å². The van der Waals surface area contributed by atoms with Crippen molar-refractivity contribution < 1.29 is 24.2 Å². The summed E-state index contributed by atoms with van der Waals surface area (Å²) < 4.78 is 7.23. The molecule has 192 valence electrons. The number of carboxylic acids is 1. The van der Waals surface area contributed by atoms with Crippen molar-refractivity contribution in [3.05, 3.63) is 102 Å². The molecular weight excluding hydrogens is 494 g/mol. The van der Waals surface area contributed by atoms with Gasteiger partial charge >= 0.3 is 11.9 Å². The molecule has 37 heavy (non-hydrogen) atoms. The molecule has 1 amide bonds. The summed E-state index contributed by atoms with van der Waals surface area (Å²) in [5.74, 6) is -1.51. The molecule has 3 aromatic rings. The second-order valence-corrected chi connectivity index (χ2v) is 9.22. The predicted molar refractivity (Wildman–Crippen MR) is 140 cm³/mol. The fraction of sp³-hybridized carbons (Fsp3) is 0.222. The zero-order valence-electron chi connectivity index (χ0n) is 20.9. The first kappa shape index (κ1) is 27.3. The summed E-state index contributed by atoms with van der Waals surface area (Å²) in [7, 11) is 3.38. The summed E-state index contributed by atoms with van der Waals surface area (Å²) in [6.07, 6.45) is 2.45. The highest BCUT2D eigenvalue weighted by molar-refractivity contribution is 7.07. The van der Waals surface area contributed by atoms with Crippen LogP contribution in [0.15, 0.2) is 75.7 Å². The lowest BCUT2D eigenvalue weighted by Crippen LogP contribution is -2.39. The lowest BCUT2D eigenvalue weighted by molar-refractivity contribution is -0.139. The van der Waals surface area contributed by atoms with Crippen molar-refractivity contribution in [1.82, 2.24) is 9.47 Å². The molecule has 2 heterocycles. The van der Waals surface area contributed by atoms with Crippen LogP contribution in [0.25, 0.3) is 6.08 Å². The molecule has 4 rings (SSSR count). The maximum Gasteiger partial charge on any atom is 0.338 e. The van der Waals surface area contributed by atoms with Gasteiger partial charge in [-0.05, 0) is 43.2 Å². The topological polar surface area (TPSA) is 118 Å². The van der Waals surface area contributed by atoms with Gasteiger partial charge in [-0.2, -0.15) is 0 Å². The van der Waals surface area contributed by atoms with Crippen molar-refractivity contribution in [3.63, 3.8) is 0 Å². The number of fused-ring (bicyclic) bond motifs is 1. The first-order valence-electron chi connectivity index (χ1n) is 11.4. The third kappa shape index (κ3) is 6.28. The highest BCUT2D eigenvalue weighted by Gasteiger charge is 2.33. The Morgan fingerprint density at radius 2 is 1.76 bits per heavy atom. The van der Waals surface area contributed by atoms with Crippen LogP contribution in [0.4, 0.5) is 0 Å². The van der Waals surface area contributed by atoms with Gasteiger partial charge in [-0.1, -0.05) is 53.8 Å². The molecule has 10 heteroatoms. The monoisotopic (exact) mass is 521 g/mol. The normalized spacial score (nSPS) is 14.6. The third-order valence-corrected chi connectivity index (χ3v) is 6.28. The molecule has 1 atom stereocenters. The maximum absolute atomic E-state index is 13.4. The Morgan fingerprint density at radius 3 is 2.30 bits per heavy atom. The molecule has 0 aliphatic carbocycles. The van der Waals surface area contributed by atoms with Crippen LogP contribution in [0.3, 0.4) is 0 Å². The lowest BCUT2D eigenvalue weighted by atomic mass is 9.96. The van der Waals surface area contributed by atoms with Gasteiger partial charge in [0.05, 0.1) is 34.0 Å². The molecule has 0 bridgehead atoms. The van der Waals surface area contributed by atoms with Gasteiger partial charge in [0.25, 0.3) is 5.56 Å². The minimum absolute atomic E-state index is 0.169. The number of amides is 1. The Balaban J connectivity index is 0.000000695. The van der Waals surface area contributed by atoms with Gasteiger partial charge in [-0.15, -0.1) is 0 Å². The number of aromatic nitrogens is 1. The standard InChI is InChI=1S/C24H20N2O5S.C3H7NO/c1-3-31-23(30)19-14(2)25-24-26(20(19)16-7-5-4-6-8-16)21(27)18(32-24)13-15-9-11-17(12-10-15)22(28)29;1-4(2)3-5/h4-13,20H,3H2,1-2H3,(H,28,29);3H,1-2H3/b18-13-;/t20-;/m1./s1. The van der Waals surface area contributed by atoms with E-state index in [4.69, 9.17) is 9.84 Å². The highest BCUT2D eigenvalue weighted by atomic mass is 32.1. The van der Waals surface area contributed by atoms with E-state index in [9.17, 15) is 19.2 Å². The Morgan fingerprint density at radius 1 is 1.14 bits per heavy atom. The van der Waals surface area contributed by atoms with E-state index in [2.05, 4.69) is 4.99 Å². The Kier molecular flexibility index (Phi) is 8.91. The average Bonchev–Trinajstić information content (AvgIpc) is 3.18. The second kappa shape index (κ2) is 12.1. The van der Waals surface area contributed by atoms with E-state index in [0.717, 1.165) is 12.0 Å². The number of benzene rings is 2. The maximum atomic E-state index is 13.4. The number of carboxylic acid groups (broad SMARTS) is 1. The average molecular weight is 522 g/mol. The summed E-state index contributed by atoms with van der Waals surface area (Å²) in [4.78, 5) is 53.2. The SMILES string of the molecule is CCOC(=O)C1=C(C)N=c2s/c(=C\c3ccc(C(=O)O)cc3)c(=O)n2[C@@H]1c1ccccc1.CN(C)C=O. The zero-order chi connectivity index (χ0) is 27.1. The summed E-state index contributed by atoms with van der Waals surface area (Å²) in [5.41, 5.74) is 2.21. The number of allylic oxidation sites excluding steroid dienone is 1. The molecule has 1 N–H and O–H groups in total. The Bertz CT molecular complexity index is 1500.